The fourth-order valence-corrected chi connectivity index (χ4v) is 4.28. The third-order valence-corrected chi connectivity index (χ3v) is 6.15. The van der Waals surface area contributed by atoms with Crippen LogP contribution < -0.4 is 4.74 Å². The van der Waals surface area contributed by atoms with Gasteiger partial charge >= 0.3 is 6.36 Å². The minimum absolute atomic E-state index is 0.0989. The standard InChI is InChI=1S/C18H17F3N2O4S/c19-18(20,21)27-15-6-8-16(9-7-15)28(25,26)23-12-10-22(11-13-23)17(24)14-4-2-1-3-5-14/h1-9H,10-13H2. The number of benzene rings is 2. The second kappa shape index (κ2) is 7.80. The number of carbonyl (C=O) groups excluding carboxylic acids is 1. The van der Waals surface area contributed by atoms with Crippen LogP contribution in [0.15, 0.2) is 59.5 Å². The lowest BCUT2D eigenvalue weighted by molar-refractivity contribution is -0.274. The number of piperazine rings is 1. The zero-order valence-electron chi connectivity index (χ0n) is 14.6. The van der Waals surface area contributed by atoms with E-state index in [1.165, 1.54) is 4.31 Å². The topological polar surface area (TPSA) is 66.9 Å². The molecule has 1 amide bonds. The first-order chi connectivity index (χ1) is 13.2. The second-order valence-corrected chi connectivity index (χ2v) is 8.02. The van der Waals surface area contributed by atoms with Gasteiger partial charge in [-0.15, -0.1) is 13.2 Å². The Labute approximate surface area is 160 Å². The van der Waals surface area contributed by atoms with Gasteiger partial charge in [-0.3, -0.25) is 4.79 Å². The van der Waals surface area contributed by atoms with Crippen LogP contribution in [-0.2, 0) is 10.0 Å². The van der Waals surface area contributed by atoms with Crippen LogP contribution in [0.4, 0.5) is 13.2 Å². The van der Waals surface area contributed by atoms with Crippen LogP contribution in [0, 0.1) is 0 Å². The van der Waals surface area contributed by atoms with Gasteiger partial charge in [0.2, 0.25) is 10.0 Å². The Bertz CT molecular complexity index is 924. The monoisotopic (exact) mass is 414 g/mol. The predicted molar refractivity (Wildman–Crippen MR) is 94.2 cm³/mol. The van der Waals surface area contributed by atoms with Crippen molar-refractivity contribution in [3.8, 4) is 5.75 Å². The number of amides is 1. The molecule has 0 N–H and O–H groups in total. The Morgan fingerprint density at radius 1 is 0.893 bits per heavy atom. The summed E-state index contributed by atoms with van der Waals surface area (Å²) in [6.45, 7) is 0.647. The Kier molecular flexibility index (Phi) is 5.61. The van der Waals surface area contributed by atoms with Gasteiger partial charge in [0.05, 0.1) is 4.90 Å². The van der Waals surface area contributed by atoms with Crippen LogP contribution >= 0.6 is 0 Å². The van der Waals surface area contributed by atoms with Gasteiger partial charge in [0.1, 0.15) is 5.75 Å². The van der Waals surface area contributed by atoms with Crippen molar-refractivity contribution in [2.75, 3.05) is 26.2 Å². The molecule has 1 fully saturated rings. The number of halogens is 3. The molecule has 10 heteroatoms. The molecule has 3 rings (SSSR count). The third-order valence-electron chi connectivity index (χ3n) is 4.24. The van der Waals surface area contributed by atoms with E-state index in [-0.39, 0.29) is 37.0 Å². The molecule has 1 aliphatic heterocycles. The summed E-state index contributed by atoms with van der Waals surface area (Å²) >= 11 is 0. The van der Waals surface area contributed by atoms with Gasteiger partial charge in [0.15, 0.2) is 0 Å². The van der Waals surface area contributed by atoms with E-state index in [9.17, 15) is 26.4 Å². The van der Waals surface area contributed by atoms with E-state index >= 15 is 0 Å². The lowest BCUT2D eigenvalue weighted by Gasteiger charge is -2.34. The first-order valence-electron chi connectivity index (χ1n) is 8.37. The highest BCUT2D eigenvalue weighted by Crippen LogP contribution is 2.25. The highest BCUT2D eigenvalue weighted by molar-refractivity contribution is 7.89. The zero-order valence-corrected chi connectivity index (χ0v) is 15.4. The van der Waals surface area contributed by atoms with Gasteiger partial charge in [-0.05, 0) is 36.4 Å². The number of rotatable bonds is 4. The second-order valence-electron chi connectivity index (χ2n) is 6.08. The molecule has 0 aromatic heterocycles. The molecule has 28 heavy (non-hydrogen) atoms. The summed E-state index contributed by atoms with van der Waals surface area (Å²) in [7, 11) is -3.88. The van der Waals surface area contributed by atoms with E-state index in [2.05, 4.69) is 4.74 Å². The molecule has 2 aromatic carbocycles. The van der Waals surface area contributed by atoms with Gasteiger partial charge in [0, 0.05) is 31.7 Å². The maximum Gasteiger partial charge on any atom is 0.573 e. The van der Waals surface area contributed by atoms with Crippen molar-refractivity contribution >= 4 is 15.9 Å². The maximum atomic E-state index is 12.7. The average molecular weight is 414 g/mol. The number of hydrogen-bond donors (Lipinski definition) is 0. The molecule has 2 aromatic rings. The fraction of sp³-hybridized carbons (Fsp3) is 0.278. The van der Waals surface area contributed by atoms with Crippen LogP contribution in [0.3, 0.4) is 0 Å². The fourth-order valence-electron chi connectivity index (χ4n) is 2.86. The molecule has 6 nitrogen and oxygen atoms in total. The maximum absolute atomic E-state index is 12.7. The van der Waals surface area contributed by atoms with E-state index in [0.29, 0.717) is 5.56 Å². The normalized spacial score (nSPS) is 16.0. The van der Waals surface area contributed by atoms with Crippen LogP contribution in [0.5, 0.6) is 5.75 Å². The van der Waals surface area contributed by atoms with Crippen LogP contribution in [-0.4, -0.2) is 56.1 Å². The van der Waals surface area contributed by atoms with Crippen molar-refractivity contribution in [2.45, 2.75) is 11.3 Å². The summed E-state index contributed by atoms with van der Waals surface area (Å²) in [6.07, 6.45) is -4.85. The van der Waals surface area contributed by atoms with Crippen molar-refractivity contribution in [3.05, 3.63) is 60.2 Å². The quantitative estimate of drug-likeness (QED) is 0.772. The molecule has 1 heterocycles. The molecule has 0 bridgehead atoms. The minimum Gasteiger partial charge on any atom is -0.406 e. The molecule has 0 aliphatic carbocycles. The molecule has 0 unspecified atom stereocenters. The number of ether oxygens (including phenoxy) is 1. The number of hydrogen-bond acceptors (Lipinski definition) is 4. The van der Waals surface area contributed by atoms with Gasteiger partial charge in [0.25, 0.3) is 5.91 Å². The molecule has 1 saturated heterocycles. The van der Waals surface area contributed by atoms with Crippen molar-refractivity contribution < 1.29 is 31.1 Å². The van der Waals surface area contributed by atoms with Gasteiger partial charge in [-0.1, -0.05) is 18.2 Å². The SMILES string of the molecule is O=C(c1ccccc1)N1CCN(S(=O)(=O)c2ccc(OC(F)(F)F)cc2)CC1. The molecule has 0 spiro atoms. The molecular weight excluding hydrogens is 397 g/mol. The summed E-state index contributed by atoms with van der Waals surface area (Å²) < 4.78 is 67.0. The molecule has 0 radical (unpaired) electrons. The summed E-state index contributed by atoms with van der Waals surface area (Å²) in [5.41, 5.74) is 0.527. The number of alkyl halides is 3. The number of carbonyl (C=O) groups is 1. The molecule has 0 saturated carbocycles. The van der Waals surface area contributed by atoms with Crippen molar-refractivity contribution in [1.82, 2.24) is 9.21 Å². The van der Waals surface area contributed by atoms with Crippen LogP contribution in [0.25, 0.3) is 0 Å². The smallest absolute Gasteiger partial charge is 0.406 e. The van der Waals surface area contributed by atoms with Gasteiger partial charge in [-0.2, -0.15) is 4.31 Å². The molecular formula is C18H17F3N2O4S. The Morgan fingerprint density at radius 2 is 1.46 bits per heavy atom. The Hall–Kier alpha value is -2.59. The summed E-state index contributed by atoms with van der Waals surface area (Å²) in [5.74, 6) is -0.670. The minimum atomic E-state index is -4.85. The Morgan fingerprint density at radius 3 is 2.00 bits per heavy atom. The average Bonchev–Trinajstić information content (AvgIpc) is 2.67. The zero-order chi connectivity index (χ0) is 20.4. The summed E-state index contributed by atoms with van der Waals surface area (Å²) in [4.78, 5) is 13.9. The van der Waals surface area contributed by atoms with E-state index in [4.69, 9.17) is 0 Å². The molecule has 150 valence electrons. The van der Waals surface area contributed by atoms with E-state index in [1.54, 1.807) is 35.2 Å². The highest BCUT2D eigenvalue weighted by Gasteiger charge is 2.32. The molecule has 1 aliphatic rings. The van der Waals surface area contributed by atoms with Gasteiger partial charge in [-0.25, -0.2) is 8.42 Å². The van der Waals surface area contributed by atoms with Crippen molar-refractivity contribution in [2.24, 2.45) is 0 Å². The van der Waals surface area contributed by atoms with Crippen LogP contribution in [0.1, 0.15) is 10.4 Å². The lowest BCUT2D eigenvalue weighted by Crippen LogP contribution is -2.50. The molecule has 0 atom stereocenters. The Balaban J connectivity index is 1.65. The van der Waals surface area contributed by atoms with Gasteiger partial charge < -0.3 is 9.64 Å². The lowest BCUT2D eigenvalue weighted by atomic mass is 10.2. The van der Waals surface area contributed by atoms with Crippen molar-refractivity contribution in [3.63, 3.8) is 0 Å². The van der Waals surface area contributed by atoms with E-state index < -0.39 is 22.1 Å². The summed E-state index contributed by atoms with van der Waals surface area (Å²) in [5, 5.41) is 0. The van der Waals surface area contributed by atoms with Crippen molar-refractivity contribution in [1.29, 1.82) is 0 Å². The largest absolute Gasteiger partial charge is 0.573 e. The highest BCUT2D eigenvalue weighted by atomic mass is 32.2. The number of nitrogens with zero attached hydrogens (tertiary/aromatic N) is 2. The summed E-state index contributed by atoms with van der Waals surface area (Å²) in [6, 6.07) is 12.7. The van der Waals surface area contributed by atoms with Crippen LogP contribution in [0.2, 0.25) is 0 Å². The van der Waals surface area contributed by atoms with E-state index in [0.717, 1.165) is 24.3 Å². The number of sulfonamides is 1. The first kappa shape index (κ1) is 20.2. The predicted octanol–water partition coefficient (Wildman–Crippen LogP) is 2.73. The first-order valence-corrected chi connectivity index (χ1v) is 9.81. The third kappa shape index (κ3) is 4.63. The van der Waals surface area contributed by atoms with E-state index in [1.807, 2.05) is 0 Å².